The Hall–Kier alpha value is -1.64. The molecule has 158 valence electrons. The molecular formula is C21H28FN3O3S. The monoisotopic (exact) mass is 421 g/mol. The van der Waals surface area contributed by atoms with Crippen LogP contribution in [0, 0.1) is 11.7 Å². The maximum atomic E-state index is 14.5. The number of aromatic nitrogens is 2. The molecular weight excluding hydrogens is 393 g/mol. The number of nitrogens with zero attached hydrogens (tertiary/aromatic N) is 1. The van der Waals surface area contributed by atoms with Gasteiger partial charge in [0.25, 0.3) is 5.56 Å². The first kappa shape index (κ1) is 20.6. The molecule has 1 aliphatic carbocycles. The highest BCUT2D eigenvalue weighted by Crippen LogP contribution is 2.30. The maximum Gasteiger partial charge on any atom is 0.261 e. The number of H-pyrrole nitrogens is 1. The van der Waals surface area contributed by atoms with Gasteiger partial charge in [-0.05, 0) is 57.5 Å². The van der Waals surface area contributed by atoms with Crippen LogP contribution in [0.25, 0.3) is 10.9 Å². The van der Waals surface area contributed by atoms with E-state index < -0.39 is 11.4 Å². The van der Waals surface area contributed by atoms with Crippen LogP contribution in [-0.2, 0) is 5.75 Å². The highest BCUT2D eigenvalue weighted by atomic mass is 32.2. The summed E-state index contributed by atoms with van der Waals surface area (Å²) in [6.45, 7) is 2.52. The van der Waals surface area contributed by atoms with Crippen LogP contribution in [0.4, 0.5) is 4.39 Å². The van der Waals surface area contributed by atoms with Gasteiger partial charge in [-0.1, -0.05) is 0 Å². The van der Waals surface area contributed by atoms with Gasteiger partial charge < -0.3 is 20.1 Å². The van der Waals surface area contributed by atoms with E-state index in [9.17, 15) is 14.3 Å². The van der Waals surface area contributed by atoms with Crippen LogP contribution in [0.5, 0.6) is 5.75 Å². The molecule has 0 bridgehead atoms. The van der Waals surface area contributed by atoms with Crippen molar-refractivity contribution >= 4 is 22.7 Å². The van der Waals surface area contributed by atoms with Crippen molar-refractivity contribution in [3.63, 3.8) is 0 Å². The first-order chi connectivity index (χ1) is 14.1. The van der Waals surface area contributed by atoms with Crippen molar-refractivity contribution in [3.8, 4) is 5.75 Å². The average molecular weight is 422 g/mol. The Morgan fingerprint density at radius 2 is 1.93 bits per heavy atom. The zero-order valence-electron chi connectivity index (χ0n) is 16.5. The van der Waals surface area contributed by atoms with Crippen LogP contribution in [0.1, 0.15) is 44.3 Å². The molecule has 1 aromatic carbocycles. The highest BCUT2D eigenvalue weighted by molar-refractivity contribution is 7.99. The van der Waals surface area contributed by atoms with E-state index in [4.69, 9.17) is 4.74 Å². The lowest BCUT2D eigenvalue weighted by Gasteiger charge is -2.24. The van der Waals surface area contributed by atoms with Gasteiger partial charge in [0, 0.05) is 17.4 Å². The number of aliphatic hydroxyl groups excluding tert-OH is 1. The summed E-state index contributed by atoms with van der Waals surface area (Å²) >= 11 is 1.73. The van der Waals surface area contributed by atoms with Crippen molar-refractivity contribution in [2.45, 2.75) is 55.6 Å². The minimum Gasteiger partial charge on any atom is -0.493 e. The smallest absolute Gasteiger partial charge is 0.261 e. The highest BCUT2D eigenvalue weighted by Gasteiger charge is 2.20. The Kier molecular flexibility index (Phi) is 6.72. The van der Waals surface area contributed by atoms with Crippen molar-refractivity contribution in [2.75, 3.05) is 19.7 Å². The second kappa shape index (κ2) is 9.45. The Morgan fingerprint density at radius 1 is 1.17 bits per heavy atom. The molecule has 0 spiro atoms. The minimum atomic E-state index is -0.600. The van der Waals surface area contributed by atoms with E-state index in [1.807, 2.05) is 0 Å². The van der Waals surface area contributed by atoms with Crippen molar-refractivity contribution < 1.29 is 14.2 Å². The number of rotatable bonds is 6. The minimum absolute atomic E-state index is 0.0197. The van der Waals surface area contributed by atoms with E-state index in [0.29, 0.717) is 40.6 Å². The molecule has 3 N–H and O–H groups in total. The molecule has 1 aliphatic heterocycles. The SMILES string of the molecule is O=c1[nH]c(CSC2CCC(O)CC2)nc2cc(OCC3CCNCC3)cc(F)c12. The average Bonchev–Trinajstić information content (AvgIpc) is 2.72. The van der Waals surface area contributed by atoms with Gasteiger partial charge in [0.05, 0.1) is 24.0 Å². The Balaban J connectivity index is 1.46. The van der Waals surface area contributed by atoms with Crippen molar-refractivity contribution in [1.29, 1.82) is 0 Å². The molecule has 2 aliphatic rings. The van der Waals surface area contributed by atoms with E-state index in [1.54, 1.807) is 17.8 Å². The number of thioether (sulfide) groups is 1. The molecule has 2 fully saturated rings. The third kappa shape index (κ3) is 5.29. The third-order valence-corrected chi connectivity index (χ3v) is 7.21. The lowest BCUT2D eigenvalue weighted by atomic mass is 9.97. The number of ether oxygens (including phenoxy) is 1. The van der Waals surface area contributed by atoms with E-state index in [0.717, 1.165) is 51.6 Å². The van der Waals surface area contributed by atoms with Gasteiger partial charge in [-0.25, -0.2) is 9.37 Å². The normalized spacial score (nSPS) is 23.4. The lowest BCUT2D eigenvalue weighted by Crippen LogP contribution is -2.30. The van der Waals surface area contributed by atoms with Crippen molar-refractivity contribution in [1.82, 2.24) is 15.3 Å². The van der Waals surface area contributed by atoms with Gasteiger partial charge in [-0.15, -0.1) is 0 Å². The number of fused-ring (bicyclic) bond motifs is 1. The standard InChI is InChI=1S/C21H28FN3O3S/c22-17-9-15(28-11-13-5-7-23-8-6-13)10-18-20(17)21(27)25-19(24-18)12-29-16-3-1-14(26)2-4-16/h9-10,13-14,16,23,26H,1-8,11-12H2,(H,24,25,27). The Morgan fingerprint density at radius 3 is 2.69 bits per heavy atom. The fourth-order valence-corrected chi connectivity index (χ4v) is 5.21. The van der Waals surface area contributed by atoms with Crippen LogP contribution in [0.15, 0.2) is 16.9 Å². The van der Waals surface area contributed by atoms with Crippen LogP contribution in [-0.4, -0.2) is 46.1 Å². The molecule has 0 unspecified atom stereocenters. The number of piperidine rings is 1. The molecule has 1 saturated heterocycles. The summed E-state index contributed by atoms with van der Waals surface area (Å²) in [6.07, 6.45) is 5.49. The first-order valence-corrected chi connectivity index (χ1v) is 11.5. The van der Waals surface area contributed by atoms with E-state index in [1.165, 1.54) is 6.07 Å². The molecule has 0 radical (unpaired) electrons. The predicted octanol–water partition coefficient (Wildman–Crippen LogP) is 2.98. The molecule has 2 aromatic rings. The molecule has 2 heterocycles. The summed E-state index contributed by atoms with van der Waals surface area (Å²) in [5.41, 5.74) is -0.115. The summed E-state index contributed by atoms with van der Waals surface area (Å²) in [5, 5.41) is 13.4. The molecule has 6 nitrogen and oxygen atoms in total. The van der Waals surface area contributed by atoms with Crippen molar-refractivity contribution in [2.24, 2.45) is 5.92 Å². The zero-order valence-corrected chi connectivity index (χ0v) is 17.3. The summed E-state index contributed by atoms with van der Waals surface area (Å²) in [7, 11) is 0. The number of hydrogen-bond acceptors (Lipinski definition) is 6. The molecule has 1 aromatic heterocycles. The molecule has 0 amide bonds. The number of halogens is 1. The molecule has 4 rings (SSSR count). The maximum absolute atomic E-state index is 14.5. The summed E-state index contributed by atoms with van der Waals surface area (Å²) < 4.78 is 20.4. The van der Waals surface area contributed by atoms with Gasteiger partial charge in [0.1, 0.15) is 22.8 Å². The molecule has 0 atom stereocenters. The number of benzene rings is 1. The first-order valence-electron chi connectivity index (χ1n) is 10.4. The Bertz CT molecular complexity index is 893. The van der Waals surface area contributed by atoms with E-state index >= 15 is 0 Å². The van der Waals surface area contributed by atoms with Crippen LogP contribution in [0.2, 0.25) is 0 Å². The number of hydrogen-bond donors (Lipinski definition) is 3. The zero-order chi connectivity index (χ0) is 20.2. The summed E-state index contributed by atoms with van der Waals surface area (Å²) in [6, 6.07) is 2.95. The topological polar surface area (TPSA) is 87.2 Å². The fourth-order valence-electron chi connectivity index (χ4n) is 4.07. The van der Waals surface area contributed by atoms with Crippen molar-refractivity contribution in [3.05, 3.63) is 34.1 Å². The quantitative estimate of drug-likeness (QED) is 0.665. The predicted molar refractivity (Wildman–Crippen MR) is 113 cm³/mol. The second-order valence-electron chi connectivity index (χ2n) is 8.06. The van der Waals surface area contributed by atoms with Crippen LogP contribution in [0.3, 0.4) is 0 Å². The Labute approximate surface area is 173 Å². The van der Waals surface area contributed by atoms with Gasteiger partial charge >= 0.3 is 0 Å². The van der Waals surface area contributed by atoms with E-state index in [2.05, 4.69) is 15.3 Å². The van der Waals surface area contributed by atoms with Gasteiger partial charge in [0.2, 0.25) is 0 Å². The molecule has 29 heavy (non-hydrogen) atoms. The third-order valence-electron chi connectivity index (χ3n) is 5.83. The van der Waals surface area contributed by atoms with Gasteiger partial charge in [-0.3, -0.25) is 4.79 Å². The molecule has 1 saturated carbocycles. The summed E-state index contributed by atoms with van der Waals surface area (Å²) in [5.74, 6) is 1.40. The fraction of sp³-hybridized carbons (Fsp3) is 0.619. The lowest BCUT2D eigenvalue weighted by molar-refractivity contribution is 0.132. The van der Waals surface area contributed by atoms with Gasteiger partial charge in [0.15, 0.2) is 0 Å². The number of aliphatic hydroxyl groups is 1. The van der Waals surface area contributed by atoms with Crippen LogP contribution < -0.4 is 15.6 Å². The van der Waals surface area contributed by atoms with Crippen LogP contribution >= 0.6 is 11.8 Å². The number of nitrogens with one attached hydrogen (secondary N) is 2. The van der Waals surface area contributed by atoms with E-state index in [-0.39, 0.29) is 11.5 Å². The second-order valence-corrected chi connectivity index (χ2v) is 9.35. The summed E-state index contributed by atoms with van der Waals surface area (Å²) in [4.78, 5) is 19.6. The molecule has 8 heteroatoms. The largest absolute Gasteiger partial charge is 0.493 e. The van der Waals surface area contributed by atoms with Gasteiger partial charge in [-0.2, -0.15) is 11.8 Å². The number of aromatic amines is 1.